The van der Waals surface area contributed by atoms with Gasteiger partial charge in [0.25, 0.3) is 0 Å². The molecular weight excluding hydrogens is 184 g/mol. The normalized spacial score (nSPS) is 19.8. The number of aromatic nitrogens is 1. The first-order valence-corrected chi connectivity index (χ1v) is 5.46. The van der Waals surface area contributed by atoms with Crippen LogP contribution < -0.4 is 5.32 Å². The number of nitrogens with zero attached hydrogens (tertiary/aromatic N) is 1. The minimum absolute atomic E-state index is 0.355. The summed E-state index contributed by atoms with van der Waals surface area (Å²) in [6, 6.07) is 0. The lowest BCUT2D eigenvalue weighted by molar-refractivity contribution is 0.0765. The topological polar surface area (TPSA) is 45.2 Å². The molecule has 1 aromatic heterocycles. The average Bonchev–Trinajstić information content (AvgIpc) is 2.48. The van der Waals surface area contributed by atoms with Crippen LogP contribution in [0.25, 0.3) is 0 Å². The van der Waals surface area contributed by atoms with E-state index in [0.717, 1.165) is 24.5 Å². The molecule has 3 nitrogen and oxygen atoms in total. The molecule has 1 unspecified atom stereocenters. The van der Waals surface area contributed by atoms with E-state index in [4.69, 9.17) is 0 Å². The Hall–Kier alpha value is -0.450. The molecule has 1 aromatic rings. The molecule has 1 atom stereocenters. The van der Waals surface area contributed by atoms with Crippen LogP contribution in [0.1, 0.15) is 22.9 Å². The molecule has 0 amide bonds. The van der Waals surface area contributed by atoms with Gasteiger partial charge in [0.1, 0.15) is 11.1 Å². The molecule has 2 rings (SSSR count). The number of aliphatic hydroxyl groups excluding tert-OH is 1. The van der Waals surface area contributed by atoms with Gasteiger partial charge in [-0.2, -0.15) is 0 Å². The number of thiazole rings is 1. The minimum atomic E-state index is -0.355. The zero-order valence-electron chi connectivity index (χ0n) is 7.66. The fraction of sp³-hybridized carbons (Fsp3) is 0.667. The summed E-state index contributed by atoms with van der Waals surface area (Å²) in [5, 5.41) is 13.9. The van der Waals surface area contributed by atoms with Crippen LogP contribution in [0.5, 0.6) is 0 Å². The highest BCUT2D eigenvalue weighted by molar-refractivity contribution is 7.11. The number of hydrogen-bond donors (Lipinski definition) is 2. The van der Waals surface area contributed by atoms with Gasteiger partial charge in [-0.1, -0.05) is 6.92 Å². The van der Waals surface area contributed by atoms with E-state index in [1.54, 1.807) is 11.3 Å². The summed E-state index contributed by atoms with van der Waals surface area (Å²) in [6.45, 7) is 3.94. The van der Waals surface area contributed by atoms with E-state index in [0.29, 0.717) is 5.92 Å². The Bertz CT molecular complexity index is 283. The third kappa shape index (κ3) is 1.75. The maximum absolute atomic E-state index is 9.86. The van der Waals surface area contributed by atoms with Crippen LogP contribution in [0.3, 0.4) is 0 Å². The molecule has 1 aliphatic rings. The van der Waals surface area contributed by atoms with Gasteiger partial charge in [0.15, 0.2) is 0 Å². The van der Waals surface area contributed by atoms with E-state index in [2.05, 4.69) is 17.2 Å². The highest BCUT2D eigenvalue weighted by atomic mass is 32.1. The Balaban J connectivity index is 2.05. The van der Waals surface area contributed by atoms with Crippen molar-refractivity contribution < 1.29 is 5.11 Å². The Kier molecular flexibility index (Phi) is 2.62. The molecule has 0 saturated carbocycles. The van der Waals surface area contributed by atoms with Gasteiger partial charge >= 0.3 is 0 Å². The van der Waals surface area contributed by atoms with Gasteiger partial charge in [0.2, 0.25) is 0 Å². The second-order valence-corrected chi connectivity index (χ2v) is 4.53. The second kappa shape index (κ2) is 3.74. The summed E-state index contributed by atoms with van der Waals surface area (Å²) >= 11 is 1.63. The predicted molar refractivity (Wildman–Crippen MR) is 52.8 cm³/mol. The van der Waals surface area contributed by atoms with Crippen molar-refractivity contribution in [3.05, 3.63) is 16.1 Å². The zero-order chi connectivity index (χ0) is 9.26. The second-order valence-electron chi connectivity index (χ2n) is 3.38. The molecule has 4 heteroatoms. The first kappa shape index (κ1) is 9.12. The van der Waals surface area contributed by atoms with E-state index in [-0.39, 0.29) is 6.10 Å². The van der Waals surface area contributed by atoms with E-state index in [1.165, 1.54) is 4.88 Å². The predicted octanol–water partition coefficient (Wildman–Crippen LogP) is 0.958. The van der Waals surface area contributed by atoms with Crippen molar-refractivity contribution in [2.75, 3.05) is 13.1 Å². The molecule has 1 aliphatic heterocycles. The van der Waals surface area contributed by atoms with Gasteiger partial charge in [0.05, 0.1) is 0 Å². The molecule has 2 N–H and O–H groups in total. The number of aryl methyl sites for hydroxylation is 1. The highest BCUT2D eigenvalue weighted by Crippen LogP contribution is 2.28. The standard InChI is InChI=1S/C9H14N2OS/c1-2-7-5-11-9(13-7)8(12)6-3-10-4-6/h5-6,8,10,12H,2-4H2,1H3. The summed E-state index contributed by atoms with van der Waals surface area (Å²) < 4.78 is 0. The Morgan fingerprint density at radius 3 is 3.00 bits per heavy atom. The van der Waals surface area contributed by atoms with Gasteiger partial charge in [-0.25, -0.2) is 4.98 Å². The van der Waals surface area contributed by atoms with Crippen molar-refractivity contribution in [3.63, 3.8) is 0 Å². The van der Waals surface area contributed by atoms with Crippen molar-refractivity contribution in [1.82, 2.24) is 10.3 Å². The third-order valence-corrected chi connectivity index (χ3v) is 3.64. The maximum atomic E-state index is 9.86. The maximum Gasteiger partial charge on any atom is 0.122 e. The van der Waals surface area contributed by atoms with Gasteiger partial charge in [-0.05, 0) is 6.42 Å². The number of rotatable bonds is 3. The molecule has 1 saturated heterocycles. The molecule has 0 aromatic carbocycles. The lowest BCUT2D eigenvalue weighted by Gasteiger charge is -2.30. The molecule has 0 aliphatic carbocycles. The molecule has 0 radical (unpaired) electrons. The van der Waals surface area contributed by atoms with Crippen LogP contribution in [-0.2, 0) is 6.42 Å². The molecule has 1 fully saturated rings. The van der Waals surface area contributed by atoms with Crippen molar-refractivity contribution in [1.29, 1.82) is 0 Å². The largest absolute Gasteiger partial charge is 0.386 e. The van der Waals surface area contributed by atoms with Crippen LogP contribution in [0.4, 0.5) is 0 Å². The van der Waals surface area contributed by atoms with Gasteiger partial charge in [0, 0.05) is 30.1 Å². The van der Waals surface area contributed by atoms with Crippen molar-refractivity contribution in [2.24, 2.45) is 5.92 Å². The molecular formula is C9H14N2OS. The van der Waals surface area contributed by atoms with Crippen LogP contribution in [-0.4, -0.2) is 23.2 Å². The summed E-state index contributed by atoms with van der Waals surface area (Å²) in [5.74, 6) is 0.371. The quantitative estimate of drug-likeness (QED) is 0.760. The first-order chi connectivity index (χ1) is 6.31. The molecule has 2 heterocycles. The van der Waals surface area contributed by atoms with Crippen LogP contribution >= 0.6 is 11.3 Å². The fourth-order valence-electron chi connectivity index (χ4n) is 1.36. The van der Waals surface area contributed by atoms with E-state index >= 15 is 0 Å². The summed E-state index contributed by atoms with van der Waals surface area (Å²) in [6.07, 6.45) is 2.52. The monoisotopic (exact) mass is 198 g/mol. The first-order valence-electron chi connectivity index (χ1n) is 4.64. The van der Waals surface area contributed by atoms with Crippen LogP contribution in [0, 0.1) is 5.92 Å². The summed E-state index contributed by atoms with van der Waals surface area (Å²) in [4.78, 5) is 5.48. The fourth-order valence-corrected chi connectivity index (χ4v) is 2.30. The summed E-state index contributed by atoms with van der Waals surface area (Å²) in [5.41, 5.74) is 0. The van der Waals surface area contributed by atoms with Crippen LogP contribution in [0.2, 0.25) is 0 Å². The third-order valence-electron chi connectivity index (χ3n) is 2.43. The summed E-state index contributed by atoms with van der Waals surface area (Å²) in [7, 11) is 0. The molecule has 0 spiro atoms. The van der Waals surface area contributed by atoms with E-state index < -0.39 is 0 Å². The van der Waals surface area contributed by atoms with Crippen molar-refractivity contribution in [3.8, 4) is 0 Å². The lowest BCUT2D eigenvalue weighted by Crippen LogP contribution is -2.45. The van der Waals surface area contributed by atoms with Crippen LogP contribution in [0.15, 0.2) is 6.20 Å². The lowest BCUT2D eigenvalue weighted by atomic mass is 9.97. The number of hydrogen-bond acceptors (Lipinski definition) is 4. The molecule has 72 valence electrons. The van der Waals surface area contributed by atoms with Gasteiger partial charge < -0.3 is 10.4 Å². The van der Waals surface area contributed by atoms with E-state index in [1.807, 2.05) is 6.20 Å². The van der Waals surface area contributed by atoms with E-state index in [9.17, 15) is 5.11 Å². The minimum Gasteiger partial charge on any atom is -0.386 e. The zero-order valence-corrected chi connectivity index (χ0v) is 8.47. The van der Waals surface area contributed by atoms with Crippen molar-refractivity contribution >= 4 is 11.3 Å². The Labute approximate surface area is 81.8 Å². The Morgan fingerprint density at radius 1 is 1.77 bits per heavy atom. The Morgan fingerprint density at radius 2 is 2.54 bits per heavy atom. The number of nitrogens with one attached hydrogen (secondary N) is 1. The smallest absolute Gasteiger partial charge is 0.122 e. The molecule has 13 heavy (non-hydrogen) atoms. The van der Waals surface area contributed by atoms with Crippen molar-refractivity contribution in [2.45, 2.75) is 19.4 Å². The number of aliphatic hydroxyl groups is 1. The average molecular weight is 198 g/mol. The molecule has 0 bridgehead atoms. The highest BCUT2D eigenvalue weighted by Gasteiger charge is 2.28. The SMILES string of the molecule is CCc1cnc(C(O)C2CNC2)s1. The van der Waals surface area contributed by atoms with Gasteiger partial charge in [-0.3, -0.25) is 0 Å². The van der Waals surface area contributed by atoms with Gasteiger partial charge in [-0.15, -0.1) is 11.3 Å².